The summed E-state index contributed by atoms with van der Waals surface area (Å²) in [6, 6.07) is 3.54. The smallest absolute Gasteiger partial charge is 0.271 e. The van der Waals surface area contributed by atoms with E-state index in [9.17, 15) is 8.42 Å². The van der Waals surface area contributed by atoms with E-state index in [1.807, 2.05) is 0 Å². The molecule has 17 heavy (non-hydrogen) atoms. The highest BCUT2D eigenvalue weighted by Gasteiger charge is 2.21. The molecule has 0 aliphatic heterocycles. The van der Waals surface area contributed by atoms with E-state index in [2.05, 4.69) is 12.2 Å². The lowest BCUT2D eigenvalue weighted by Gasteiger charge is -2.10. The molecule has 2 atom stereocenters. The lowest BCUT2D eigenvalue weighted by atomic mass is 10.1. The average Bonchev–Trinajstić information content (AvgIpc) is 2.82. The molecule has 1 saturated carbocycles. The van der Waals surface area contributed by atoms with Gasteiger partial charge in [0, 0.05) is 6.04 Å². The molecule has 5 nitrogen and oxygen atoms in total. The number of nitrogens with one attached hydrogen (secondary N) is 1. The summed E-state index contributed by atoms with van der Waals surface area (Å²) < 4.78 is 27.2. The molecule has 2 unspecified atom stereocenters. The Labute approximate surface area is 101 Å². The highest BCUT2D eigenvalue weighted by molar-refractivity contribution is 7.89. The standard InChI is InChI=1S/C11H18N2O3S/c1-8-2-3-9(6-8)13-7-10-4-5-11(16-10)17(12,14)15/h4-5,8-9,13H,2-3,6-7H2,1H3,(H2,12,14,15). The molecule has 1 aliphatic carbocycles. The molecule has 0 amide bonds. The highest BCUT2D eigenvalue weighted by atomic mass is 32.2. The minimum Gasteiger partial charge on any atom is -0.447 e. The number of hydrogen-bond acceptors (Lipinski definition) is 4. The zero-order chi connectivity index (χ0) is 12.5. The first-order valence-corrected chi connectivity index (χ1v) is 7.34. The lowest BCUT2D eigenvalue weighted by molar-refractivity contribution is 0.387. The molecule has 1 aliphatic rings. The van der Waals surface area contributed by atoms with Crippen molar-refractivity contribution in [2.75, 3.05) is 0 Å². The first-order valence-electron chi connectivity index (χ1n) is 5.80. The van der Waals surface area contributed by atoms with Crippen LogP contribution in [0.5, 0.6) is 0 Å². The summed E-state index contributed by atoms with van der Waals surface area (Å²) in [6.45, 7) is 2.79. The van der Waals surface area contributed by atoms with E-state index in [4.69, 9.17) is 9.56 Å². The van der Waals surface area contributed by atoms with Crippen molar-refractivity contribution in [2.24, 2.45) is 11.1 Å². The van der Waals surface area contributed by atoms with Crippen LogP contribution in [0.3, 0.4) is 0 Å². The normalized spacial score (nSPS) is 25.3. The van der Waals surface area contributed by atoms with Gasteiger partial charge in [0.15, 0.2) is 0 Å². The minimum absolute atomic E-state index is 0.172. The van der Waals surface area contributed by atoms with Gasteiger partial charge in [-0.25, -0.2) is 13.6 Å². The minimum atomic E-state index is -3.72. The third-order valence-electron chi connectivity index (χ3n) is 3.18. The van der Waals surface area contributed by atoms with Crippen LogP contribution in [0.1, 0.15) is 31.9 Å². The molecule has 96 valence electrons. The Kier molecular flexibility index (Phi) is 3.56. The molecule has 3 N–H and O–H groups in total. The number of sulfonamides is 1. The van der Waals surface area contributed by atoms with Crippen molar-refractivity contribution in [3.8, 4) is 0 Å². The van der Waals surface area contributed by atoms with Crippen LogP contribution < -0.4 is 10.5 Å². The summed E-state index contributed by atoms with van der Waals surface area (Å²) in [7, 11) is -3.72. The van der Waals surface area contributed by atoms with Gasteiger partial charge in [0.25, 0.3) is 10.0 Å². The van der Waals surface area contributed by atoms with Gasteiger partial charge in [-0.05, 0) is 37.3 Å². The van der Waals surface area contributed by atoms with Crippen LogP contribution in [0, 0.1) is 5.92 Å². The average molecular weight is 258 g/mol. The Morgan fingerprint density at radius 1 is 1.47 bits per heavy atom. The summed E-state index contributed by atoms with van der Waals surface area (Å²) in [5.41, 5.74) is 0. The zero-order valence-corrected chi connectivity index (χ0v) is 10.7. The van der Waals surface area contributed by atoms with Gasteiger partial charge < -0.3 is 9.73 Å². The molecule has 1 heterocycles. The summed E-state index contributed by atoms with van der Waals surface area (Å²) >= 11 is 0. The van der Waals surface area contributed by atoms with E-state index < -0.39 is 10.0 Å². The summed E-state index contributed by atoms with van der Waals surface area (Å²) in [5.74, 6) is 1.37. The summed E-state index contributed by atoms with van der Waals surface area (Å²) in [6.07, 6.45) is 3.59. The largest absolute Gasteiger partial charge is 0.447 e. The monoisotopic (exact) mass is 258 g/mol. The van der Waals surface area contributed by atoms with Crippen LogP contribution in [0.15, 0.2) is 21.6 Å². The Balaban J connectivity index is 1.90. The van der Waals surface area contributed by atoms with E-state index in [1.54, 1.807) is 6.07 Å². The van der Waals surface area contributed by atoms with Crippen LogP contribution in [-0.4, -0.2) is 14.5 Å². The van der Waals surface area contributed by atoms with Crippen molar-refractivity contribution >= 4 is 10.0 Å². The lowest BCUT2D eigenvalue weighted by Crippen LogP contribution is -2.25. The summed E-state index contributed by atoms with van der Waals surface area (Å²) in [4.78, 5) is 0. The second-order valence-electron chi connectivity index (χ2n) is 4.76. The zero-order valence-electron chi connectivity index (χ0n) is 9.85. The van der Waals surface area contributed by atoms with E-state index >= 15 is 0 Å². The second-order valence-corrected chi connectivity index (χ2v) is 6.25. The van der Waals surface area contributed by atoms with Crippen molar-refractivity contribution < 1.29 is 12.8 Å². The maximum atomic E-state index is 11.0. The van der Waals surface area contributed by atoms with E-state index in [0.717, 1.165) is 5.92 Å². The van der Waals surface area contributed by atoms with Crippen molar-refractivity contribution in [3.63, 3.8) is 0 Å². The quantitative estimate of drug-likeness (QED) is 0.850. The Morgan fingerprint density at radius 3 is 2.76 bits per heavy atom. The van der Waals surface area contributed by atoms with Crippen molar-refractivity contribution in [1.29, 1.82) is 0 Å². The predicted molar refractivity (Wildman–Crippen MR) is 63.7 cm³/mol. The van der Waals surface area contributed by atoms with Gasteiger partial charge in [-0.15, -0.1) is 0 Å². The fourth-order valence-electron chi connectivity index (χ4n) is 2.24. The molecule has 1 fully saturated rings. The van der Waals surface area contributed by atoms with Gasteiger partial charge in [-0.3, -0.25) is 0 Å². The molecule has 0 saturated heterocycles. The first-order chi connectivity index (χ1) is 7.95. The third-order valence-corrected chi connectivity index (χ3v) is 3.96. The second kappa shape index (κ2) is 4.80. The van der Waals surface area contributed by atoms with Crippen LogP contribution in [-0.2, 0) is 16.6 Å². The molecule has 0 spiro atoms. The molecular weight excluding hydrogens is 240 g/mol. The molecule has 2 rings (SSSR count). The fourth-order valence-corrected chi connectivity index (χ4v) is 2.72. The number of primary sulfonamides is 1. The van der Waals surface area contributed by atoms with Gasteiger partial charge in [0.05, 0.1) is 6.54 Å². The van der Waals surface area contributed by atoms with E-state index in [0.29, 0.717) is 18.3 Å². The van der Waals surface area contributed by atoms with Gasteiger partial charge in [-0.1, -0.05) is 6.92 Å². The first kappa shape index (κ1) is 12.6. The fraction of sp³-hybridized carbons (Fsp3) is 0.636. The number of nitrogens with two attached hydrogens (primary N) is 1. The Hall–Kier alpha value is -0.850. The van der Waals surface area contributed by atoms with Crippen molar-refractivity contribution in [3.05, 3.63) is 17.9 Å². The molecule has 1 aromatic heterocycles. The van der Waals surface area contributed by atoms with Gasteiger partial charge in [0.1, 0.15) is 5.76 Å². The van der Waals surface area contributed by atoms with Crippen molar-refractivity contribution in [2.45, 2.75) is 43.9 Å². The molecule has 0 aromatic carbocycles. The van der Waals surface area contributed by atoms with Gasteiger partial charge >= 0.3 is 0 Å². The van der Waals surface area contributed by atoms with Crippen molar-refractivity contribution in [1.82, 2.24) is 5.32 Å². The topological polar surface area (TPSA) is 85.3 Å². The van der Waals surface area contributed by atoms with E-state index in [1.165, 1.54) is 25.3 Å². The molecular formula is C11H18N2O3S. The Morgan fingerprint density at radius 2 is 2.24 bits per heavy atom. The number of rotatable bonds is 4. The summed E-state index contributed by atoms with van der Waals surface area (Å²) in [5, 5.41) is 8.16. The molecule has 0 bridgehead atoms. The third kappa shape index (κ3) is 3.31. The van der Waals surface area contributed by atoms with Crippen LogP contribution in [0.25, 0.3) is 0 Å². The van der Waals surface area contributed by atoms with Gasteiger partial charge in [0.2, 0.25) is 5.09 Å². The molecule has 6 heteroatoms. The van der Waals surface area contributed by atoms with Crippen LogP contribution >= 0.6 is 0 Å². The van der Waals surface area contributed by atoms with Gasteiger partial charge in [-0.2, -0.15) is 0 Å². The Bertz CT molecular complexity index is 481. The maximum absolute atomic E-state index is 11.0. The molecule has 0 radical (unpaired) electrons. The predicted octanol–water partition coefficient (Wildman–Crippen LogP) is 1.21. The maximum Gasteiger partial charge on any atom is 0.271 e. The van der Waals surface area contributed by atoms with E-state index in [-0.39, 0.29) is 5.09 Å². The number of furan rings is 1. The van der Waals surface area contributed by atoms with Crippen LogP contribution in [0.2, 0.25) is 0 Å². The SMILES string of the molecule is CC1CCC(NCc2ccc(S(N)(=O)=O)o2)C1. The number of hydrogen-bond donors (Lipinski definition) is 2. The van der Waals surface area contributed by atoms with Crippen LogP contribution in [0.4, 0.5) is 0 Å². The highest BCUT2D eigenvalue weighted by Crippen LogP contribution is 2.25. The molecule has 1 aromatic rings.